The van der Waals surface area contributed by atoms with Crippen LogP contribution in [0, 0.1) is 0 Å². The quantitative estimate of drug-likeness (QED) is 0.925. The Kier molecular flexibility index (Phi) is 4.29. The van der Waals surface area contributed by atoms with Crippen LogP contribution >= 0.6 is 11.6 Å². The van der Waals surface area contributed by atoms with Crippen molar-refractivity contribution in [1.29, 1.82) is 0 Å². The number of nitrogens with one attached hydrogen (secondary N) is 1. The number of carbonyl (C=O) groups is 1. The smallest absolute Gasteiger partial charge is 0.324 e. The Balaban J connectivity index is 1.56. The highest BCUT2D eigenvalue weighted by Crippen LogP contribution is 2.29. The SMILES string of the molecule is Cn1cnc(NC(=O)N2CCC(c3cccc(Cl)c3)CC2)n1. The number of benzene rings is 1. The monoisotopic (exact) mass is 319 g/mol. The molecule has 1 aromatic heterocycles. The zero-order valence-electron chi connectivity index (χ0n) is 12.4. The number of rotatable bonds is 2. The molecular weight excluding hydrogens is 302 g/mol. The Hall–Kier alpha value is -2.08. The van der Waals surface area contributed by atoms with Crippen molar-refractivity contribution >= 4 is 23.6 Å². The highest BCUT2D eigenvalue weighted by Gasteiger charge is 2.24. The lowest BCUT2D eigenvalue weighted by molar-refractivity contribution is 0.194. The van der Waals surface area contributed by atoms with E-state index >= 15 is 0 Å². The molecule has 0 bridgehead atoms. The maximum atomic E-state index is 12.2. The third kappa shape index (κ3) is 3.39. The van der Waals surface area contributed by atoms with Crippen LogP contribution < -0.4 is 5.32 Å². The molecule has 2 heterocycles. The number of nitrogens with zero attached hydrogens (tertiary/aromatic N) is 4. The highest BCUT2D eigenvalue weighted by atomic mass is 35.5. The molecule has 0 aliphatic carbocycles. The van der Waals surface area contributed by atoms with Crippen molar-refractivity contribution in [2.24, 2.45) is 7.05 Å². The Morgan fingerprint density at radius 2 is 2.14 bits per heavy atom. The number of piperidine rings is 1. The van der Waals surface area contributed by atoms with E-state index in [-0.39, 0.29) is 6.03 Å². The zero-order valence-corrected chi connectivity index (χ0v) is 13.1. The molecule has 1 saturated heterocycles. The summed E-state index contributed by atoms with van der Waals surface area (Å²) < 4.78 is 1.56. The third-order valence-corrected chi connectivity index (χ3v) is 4.16. The molecule has 1 fully saturated rings. The van der Waals surface area contributed by atoms with Gasteiger partial charge in [0.1, 0.15) is 6.33 Å². The van der Waals surface area contributed by atoms with Gasteiger partial charge >= 0.3 is 6.03 Å². The fourth-order valence-corrected chi connectivity index (χ4v) is 2.95. The molecule has 0 saturated carbocycles. The number of likely N-dealkylation sites (tertiary alicyclic amines) is 1. The van der Waals surface area contributed by atoms with Gasteiger partial charge in [-0.2, -0.15) is 0 Å². The first-order valence-electron chi connectivity index (χ1n) is 7.29. The number of hydrogen-bond donors (Lipinski definition) is 1. The maximum absolute atomic E-state index is 12.2. The van der Waals surface area contributed by atoms with Gasteiger partial charge in [0.2, 0.25) is 5.95 Å². The molecule has 0 unspecified atom stereocenters. The molecule has 3 rings (SSSR count). The Morgan fingerprint density at radius 3 is 2.77 bits per heavy atom. The minimum Gasteiger partial charge on any atom is -0.324 e. The molecule has 2 amide bonds. The van der Waals surface area contributed by atoms with E-state index in [1.54, 1.807) is 23.0 Å². The molecule has 116 valence electrons. The fraction of sp³-hybridized carbons (Fsp3) is 0.400. The normalized spacial score (nSPS) is 15.8. The number of urea groups is 1. The number of hydrogen-bond acceptors (Lipinski definition) is 3. The second kappa shape index (κ2) is 6.36. The second-order valence-electron chi connectivity index (χ2n) is 5.49. The molecule has 0 radical (unpaired) electrons. The summed E-state index contributed by atoms with van der Waals surface area (Å²) in [6.07, 6.45) is 3.42. The summed E-state index contributed by atoms with van der Waals surface area (Å²) in [5.41, 5.74) is 1.25. The van der Waals surface area contributed by atoms with E-state index in [1.807, 2.05) is 18.2 Å². The summed E-state index contributed by atoms with van der Waals surface area (Å²) >= 11 is 6.05. The number of carbonyl (C=O) groups excluding carboxylic acids is 1. The first kappa shape index (κ1) is 14.8. The van der Waals surface area contributed by atoms with E-state index in [9.17, 15) is 4.79 Å². The molecule has 6 nitrogen and oxygen atoms in total. The predicted molar refractivity (Wildman–Crippen MR) is 85.0 cm³/mol. The minimum absolute atomic E-state index is 0.143. The van der Waals surface area contributed by atoms with Crippen LogP contribution in [0.1, 0.15) is 24.3 Å². The van der Waals surface area contributed by atoms with Crippen LogP contribution in [0.4, 0.5) is 10.7 Å². The van der Waals surface area contributed by atoms with Gasteiger partial charge in [0, 0.05) is 25.2 Å². The first-order chi connectivity index (χ1) is 10.6. The number of halogens is 1. The van der Waals surface area contributed by atoms with Gasteiger partial charge in [-0.3, -0.25) is 10.00 Å². The van der Waals surface area contributed by atoms with Gasteiger partial charge in [-0.05, 0) is 36.5 Å². The van der Waals surface area contributed by atoms with Gasteiger partial charge in [0.05, 0.1) is 0 Å². The molecule has 1 aromatic carbocycles. The lowest BCUT2D eigenvalue weighted by Crippen LogP contribution is -2.40. The summed E-state index contributed by atoms with van der Waals surface area (Å²) in [5, 5.41) is 7.53. The van der Waals surface area contributed by atoms with Crippen LogP contribution in [0.5, 0.6) is 0 Å². The van der Waals surface area contributed by atoms with Gasteiger partial charge in [-0.25, -0.2) is 9.78 Å². The van der Waals surface area contributed by atoms with Crippen molar-refractivity contribution in [2.75, 3.05) is 18.4 Å². The van der Waals surface area contributed by atoms with Crippen molar-refractivity contribution in [3.63, 3.8) is 0 Å². The highest BCUT2D eigenvalue weighted by molar-refractivity contribution is 6.30. The van der Waals surface area contributed by atoms with Crippen molar-refractivity contribution < 1.29 is 4.79 Å². The van der Waals surface area contributed by atoms with Crippen LogP contribution in [-0.4, -0.2) is 38.8 Å². The minimum atomic E-state index is -0.143. The van der Waals surface area contributed by atoms with Gasteiger partial charge in [-0.1, -0.05) is 23.7 Å². The number of aryl methyl sites for hydroxylation is 1. The summed E-state index contributed by atoms with van der Waals surface area (Å²) in [6, 6.07) is 7.83. The first-order valence-corrected chi connectivity index (χ1v) is 7.66. The van der Waals surface area contributed by atoms with Gasteiger partial charge in [0.15, 0.2) is 0 Å². The average Bonchev–Trinajstić information content (AvgIpc) is 2.92. The Morgan fingerprint density at radius 1 is 1.36 bits per heavy atom. The topological polar surface area (TPSA) is 63.1 Å². The van der Waals surface area contributed by atoms with Gasteiger partial charge < -0.3 is 4.90 Å². The van der Waals surface area contributed by atoms with E-state index in [4.69, 9.17) is 11.6 Å². The Bertz CT molecular complexity index is 663. The van der Waals surface area contributed by atoms with E-state index in [2.05, 4.69) is 21.5 Å². The van der Waals surface area contributed by atoms with E-state index < -0.39 is 0 Å². The van der Waals surface area contributed by atoms with Gasteiger partial charge in [-0.15, -0.1) is 5.10 Å². The molecule has 1 aliphatic heterocycles. The number of amides is 2. The molecule has 1 N–H and O–H groups in total. The van der Waals surface area contributed by atoms with Crippen LogP contribution in [0.25, 0.3) is 0 Å². The average molecular weight is 320 g/mol. The molecule has 0 spiro atoms. The summed E-state index contributed by atoms with van der Waals surface area (Å²) in [5.74, 6) is 0.792. The van der Waals surface area contributed by atoms with Crippen LogP contribution in [0.15, 0.2) is 30.6 Å². The largest absolute Gasteiger partial charge is 0.324 e. The Labute approximate surface area is 134 Å². The molecule has 2 aromatic rings. The molecule has 1 aliphatic rings. The molecule has 22 heavy (non-hydrogen) atoms. The lowest BCUT2D eigenvalue weighted by atomic mass is 9.89. The molecule has 0 atom stereocenters. The second-order valence-corrected chi connectivity index (χ2v) is 5.92. The van der Waals surface area contributed by atoms with Crippen LogP contribution in [-0.2, 0) is 7.05 Å². The van der Waals surface area contributed by atoms with Crippen molar-refractivity contribution in [3.05, 3.63) is 41.2 Å². The fourth-order valence-electron chi connectivity index (χ4n) is 2.75. The number of anilines is 1. The number of aromatic nitrogens is 3. The predicted octanol–water partition coefficient (Wildman–Crippen LogP) is 2.88. The molecular formula is C15H18ClN5O. The van der Waals surface area contributed by atoms with E-state index in [1.165, 1.54) is 5.56 Å². The van der Waals surface area contributed by atoms with Crippen LogP contribution in [0.3, 0.4) is 0 Å². The third-order valence-electron chi connectivity index (χ3n) is 3.92. The van der Waals surface area contributed by atoms with Crippen molar-refractivity contribution in [2.45, 2.75) is 18.8 Å². The van der Waals surface area contributed by atoms with E-state index in [0.717, 1.165) is 31.0 Å². The van der Waals surface area contributed by atoms with Gasteiger partial charge in [0.25, 0.3) is 0 Å². The summed E-state index contributed by atoms with van der Waals surface area (Å²) in [6.45, 7) is 1.44. The maximum Gasteiger partial charge on any atom is 0.324 e. The lowest BCUT2D eigenvalue weighted by Gasteiger charge is -2.32. The summed E-state index contributed by atoms with van der Waals surface area (Å²) in [4.78, 5) is 18.0. The molecule has 7 heteroatoms. The zero-order chi connectivity index (χ0) is 15.5. The van der Waals surface area contributed by atoms with Crippen molar-refractivity contribution in [1.82, 2.24) is 19.7 Å². The standard InChI is InChI=1S/C15H18ClN5O/c1-20-10-17-14(19-20)18-15(22)21-7-5-11(6-8-21)12-3-2-4-13(16)9-12/h2-4,9-11H,5-8H2,1H3,(H,18,19,22). The summed E-state index contributed by atoms with van der Waals surface area (Å²) in [7, 11) is 1.76. The van der Waals surface area contributed by atoms with Crippen molar-refractivity contribution in [3.8, 4) is 0 Å². The van der Waals surface area contributed by atoms with Crippen LogP contribution in [0.2, 0.25) is 5.02 Å². The van der Waals surface area contributed by atoms with E-state index in [0.29, 0.717) is 11.9 Å².